The summed E-state index contributed by atoms with van der Waals surface area (Å²) in [6.45, 7) is 0.747. The smallest absolute Gasteiger partial charge is 0.150 e. The predicted molar refractivity (Wildman–Crippen MR) is 116 cm³/mol. The van der Waals surface area contributed by atoms with Crippen molar-refractivity contribution in [3.05, 3.63) is 71.4 Å². The van der Waals surface area contributed by atoms with Crippen molar-refractivity contribution in [2.75, 3.05) is 6.54 Å². The van der Waals surface area contributed by atoms with Crippen LogP contribution in [0, 0.1) is 5.92 Å². The molecule has 0 radical (unpaired) electrons. The molecule has 0 amide bonds. The third-order valence-electron chi connectivity index (χ3n) is 6.43. The normalized spacial score (nSPS) is 21.6. The first-order valence-electron chi connectivity index (χ1n) is 10.5. The Hall–Kier alpha value is -2.85. The maximum atomic E-state index is 13.1. The van der Waals surface area contributed by atoms with E-state index in [-0.39, 0.29) is 6.04 Å². The zero-order valence-corrected chi connectivity index (χ0v) is 16.4. The molecule has 1 aliphatic carbocycles. The molecule has 2 aliphatic rings. The summed E-state index contributed by atoms with van der Waals surface area (Å²) in [5.41, 5.74) is 6.10. The van der Waals surface area contributed by atoms with Crippen LogP contribution < -0.4 is 5.32 Å². The number of carbonyl (C=O) groups is 1. The summed E-state index contributed by atoms with van der Waals surface area (Å²) < 4.78 is 0. The summed E-state index contributed by atoms with van der Waals surface area (Å²) in [5, 5.41) is 14.4. The summed E-state index contributed by atoms with van der Waals surface area (Å²) in [6.07, 6.45) is 6.48. The molecule has 1 aliphatic heterocycles. The summed E-state index contributed by atoms with van der Waals surface area (Å²) in [5.74, 6) is 0.982. The topological polar surface area (TPSA) is 65.1 Å². The molecule has 5 rings (SSSR count). The van der Waals surface area contributed by atoms with Crippen molar-refractivity contribution in [1.82, 2.24) is 10.3 Å². The van der Waals surface area contributed by atoms with Crippen LogP contribution in [0.25, 0.3) is 16.5 Å². The Bertz CT molecular complexity index is 1080. The van der Waals surface area contributed by atoms with Gasteiger partial charge in [0.25, 0.3) is 0 Å². The summed E-state index contributed by atoms with van der Waals surface area (Å²) in [4.78, 5) is 16.6. The summed E-state index contributed by atoms with van der Waals surface area (Å²) in [7, 11) is 0. The van der Waals surface area contributed by atoms with Crippen molar-refractivity contribution < 1.29 is 9.90 Å². The van der Waals surface area contributed by atoms with Gasteiger partial charge in [-0.15, -0.1) is 0 Å². The minimum Gasteiger partial charge on any atom is -0.508 e. The standard InChI is InChI=1S/C25H26N2O2/c28-19-7-9-23-21(15-19)20-12-16(6-8-22(20)27-23)13-25(29)24-14-18(10-11-26-24)17-4-2-1-3-5-17/h1-5,7,9-10,15-16,24,26-28H,6,8,11-14H2. The Morgan fingerprint density at radius 3 is 2.83 bits per heavy atom. The molecule has 2 unspecified atom stereocenters. The lowest BCUT2D eigenvalue weighted by atomic mass is 9.81. The van der Waals surface area contributed by atoms with Crippen molar-refractivity contribution in [2.45, 2.75) is 38.1 Å². The highest BCUT2D eigenvalue weighted by atomic mass is 16.3. The fourth-order valence-electron chi connectivity index (χ4n) is 4.89. The maximum Gasteiger partial charge on any atom is 0.150 e. The van der Waals surface area contributed by atoms with Crippen LogP contribution in [-0.2, 0) is 17.6 Å². The van der Waals surface area contributed by atoms with Crippen molar-refractivity contribution in [3.63, 3.8) is 0 Å². The van der Waals surface area contributed by atoms with Gasteiger partial charge in [0.2, 0.25) is 0 Å². The van der Waals surface area contributed by atoms with Crippen LogP contribution in [-0.4, -0.2) is 28.5 Å². The van der Waals surface area contributed by atoms with Crippen molar-refractivity contribution in [3.8, 4) is 5.75 Å². The number of Topliss-reactive ketones (excluding diaryl/α,β-unsaturated/α-hetero) is 1. The molecule has 0 fully saturated rings. The Morgan fingerprint density at radius 2 is 1.97 bits per heavy atom. The third kappa shape index (κ3) is 3.60. The van der Waals surface area contributed by atoms with E-state index in [2.05, 4.69) is 28.5 Å². The maximum absolute atomic E-state index is 13.1. The number of H-pyrrole nitrogens is 1. The SMILES string of the molecule is O=C(CC1CCc2[nH]c3ccc(O)cc3c2C1)C1CC(c2ccccc2)=CCN1. The fraction of sp³-hybridized carbons (Fsp3) is 0.320. The Labute approximate surface area is 170 Å². The number of phenols is 1. The van der Waals surface area contributed by atoms with Gasteiger partial charge in [0.15, 0.2) is 0 Å². The highest BCUT2D eigenvalue weighted by molar-refractivity contribution is 5.88. The summed E-state index contributed by atoms with van der Waals surface area (Å²) in [6, 6.07) is 15.8. The van der Waals surface area contributed by atoms with Gasteiger partial charge in [-0.25, -0.2) is 0 Å². The molecule has 4 heteroatoms. The average Bonchev–Trinajstić information content (AvgIpc) is 3.12. The molecule has 3 N–H and O–H groups in total. The lowest BCUT2D eigenvalue weighted by Gasteiger charge is -2.27. The molecule has 0 saturated heterocycles. The third-order valence-corrected chi connectivity index (χ3v) is 6.43. The molecule has 0 saturated carbocycles. The number of aromatic hydroxyl groups is 1. The lowest BCUT2D eigenvalue weighted by molar-refractivity contribution is -0.122. The van der Waals surface area contributed by atoms with Crippen LogP contribution in [0.5, 0.6) is 5.75 Å². The monoisotopic (exact) mass is 386 g/mol. The number of hydrogen-bond donors (Lipinski definition) is 3. The van der Waals surface area contributed by atoms with Gasteiger partial charge in [-0.05, 0) is 66.5 Å². The van der Waals surface area contributed by atoms with Gasteiger partial charge in [0, 0.05) is 29.6 Å². The van der Waals surface area contributed by atoms with Gasteiger partial charge in [0.05, 0.1) is 6.04 Å². The molecule has 29 heavy (non-hydrogen) atoms. The molecule has 2 aromatic carbocycles. The molecule has 3 aromatic rings. The van der Waals surface area contributed by atoms with Gasteiger partial charge in [-0.2, -0.15) is 0 Å². The number of hydrogen-bond acceptors (Lipinski definition) is 3. The molecule has 148 valence electrons. The first-order chi connectivity index (χ1) is 14.2. The zero-order chi connectivity index (χ0) is 19.8. The van der Waals surface area contributed by atoms with E-state index in [4.69, 9.17) is 0 Å². The first kappa shape index (κ1) is 18.2. The average molecular weight is 386 g/mol. The van der Waals surface area contributed by atoms with E-state index < -0.39 is 0 Å². The number of phenolic OH excluding ortho intramolecular Hbond substituents is 1. The number of aryl methyl sites for hydroxylation is 1. The van der Waals surface area contributed by atoms with E-state index in [1.54, 1.807) is 6.07 Å². The van der Waals surface area contributed by atoms with Gasteiger partial charge >= 0.3 is 0 Å². The molecule has 1 aromatic heterocycles. The van der Waals surface area contributed by atoms with Crippen LogP contribution in [0.3, 0.4) is 0 Å². The fourth-order valence-corrected chi connectivity index (χ4v) is 4.89. The van der Waals surface area contributed by atoms with Crippen LogP contribution in [0.15, 0.2) is 54.6 Å². The number of aromatic amines is 1. The molecule has 2 atom stereocenters. The second-order valence-corrected chi connectivity index (χ2v) is 8.35. The molecular weight excluding hydrogens is 360 g/mol. The highest BCUT2D eigenvalue weighted by Gasteiger charge is 2.28. The van der Waals surface area contributed by atoms with E-state index >= 15 is 0 Å². The number of fused-ring (bicyclic) bond motifs is 3. The van der Waals surface area contributed by atoms with E-state index in [0.717, 1.165) is 43.1 Å². The van der Waals surface area contributed by atoms with Gasteiger partial charge in [0.1, 0.15) is 11.5 Å². The van der Waals surface area contributed by atoms with Gasteiger partial charge < -0.3 is 15.4 Å². The molecule has 0 bridgehead atoms. The number of nitrogens with one attached hydrogen (secondary N) is 2. The molecule has 2 heterocycles. The Kier molecular flexibility index (Phi) is 4.72. The van der Waals surface area contributed by atoms with E-state index in [1.807, 2.05) is 30.3 Å². The first-order valence-corrected chi connectivity index (χ1v) is 10.5. The zero-order valence-electron chi connectivity index (χ0n) is 16.4. The van der Waals surface area contributed by atoms with Gasteiger partial charge in [-0.3, -0.25) is 4.79 Å². The minimum atomic E-state index is -0.0939. The second-order valence-electron chi connectivity index (χ2n) is 8.35. The predicted octanol–water partition coefficient (Wildman–Crippen LogP) is 4.38. The van der Waals surface area contributed by atoms with Crippen molar-refractivity contribution in [1.29, 1.82) is 0 Å². The largest absolute Gasteiger partial charge is 0.508 e. The van der Waals surface area contributed by atoms with Crippen LogP contribution >= 0.6 is 0 Å². The number of rotatable bonds is 4. The molecule has 0 spiro atoms. The van der Waals surface area contributed by atoms with Gasteiger partial charge in [-0.1, -0.05) is 36.4 Å². The van der Waals surface area contributed by atoms with Crippen molar-refractivity contribution in [2.24, 2.45) is 5.92 Å². The molecule has 4 nitrogen and oxygen atoms in total. The number of benzene rings is 2. The Balaban J connectivity index is 1.28. The van der Waals surface area contributed by atoms with Crippen LogP contribution in [0.4, 0.5) is 0 Å². The van der Waals surface area contributed by atoms with Crippen molar-refractivity contribution >= 4 is 22.3 Å². The number of carbonyl (C=O) groups excluding carboxylic acids is 1. The summed E-state index contributed by atoms with van der Waals surface area (Å²) >= 11 is 0. The highest BCUT2D eigenvalue weighted by Crippen LogP contribution is 2.35. The van der Waals surface area contributed by atoms with E-state index in [1.165, 1.54) is 22.4 Å². The Morgan fingerprint density at radius 1 is 1.10 bits per heavy atom. The van der Waals surface area contributed by atoms with E-state index in [9.17, 15) is 9.90 Å². The van der Waals surface area contributed by atoms with Crippen LogP contribution in [0.2, 0.25) is 0 Å². The quantitative estimate of drug-likeness (QED) is 0.623. The van der Waals surface area contributed by atoms with E-state index in [0.29, 0.717) is 23.9 Å². The molecular formula is C25H26N2O2. The lowest BCUT2D eigenvalue weighted by Crippen LogP contribution is -2.40. The van der Waals surface area contributed by atoms with Crippen LogP contribution in [0.1, 0.15) is 36.1 Å². The number of aromatic nitrogens is 1. The second kappa shape index (κ2) is 7.53. The number of ketones is 1. The minimum absolute atomic E-state index is 0.0939.